The largest absolute Gasteiger partial charge is 0.497 e. The second kappa shape index (κ2) is 9.05. The molecule has 7 nitrogen and oxygen atoms in total. The van der Waals surface area contributed by atoms with Gasteiger partial charge in [-0.25, -0.2) is 4.68 Å². The minimum atomic E-state index is -0.163. The van der Waals surface area contributed by atoms with Crippen molar-refractivity contribution < 1.29 is 14.3 Å². The maximum Gasteiger partial charge on any atom is 0.251 e. The van der Waals surface area contributed by atoms with Gasteiger partial charge >= 0.3 is 0 Å². The Morgan fingerprint density at radius 3 is 2.38 bits per heavy atom. The third-order valence-electron chi connectivity index (χ3n) is 4.41. The Morgan fingerprint density at radius 2 is 1.76 bits per heavy atom. The van der Waals surface area contributed by atoms with Crippen LogP contribution in [0.25, 0.3) is 5.69 Å². The number of aromatic nitrogens is 2. The summed E-state index contributed by atoms with van der Waals surface area (Å²) in [4.78, 5) is 24.2. The van der Waals surface area contributed by atoms with Gasteiger partial charge in [-0.05, 0) is 48.9 Å². The zero-order valence-electron chi connectivity index (χ0n) is 16.7. The topological polar surface area (TPSA) is 85.2 Å². The van der Waals surface area contributed by atoms with Gasteiger partial charge in [0.2, 0.25) is 5.91 Å². The van der Waals surface area contributed by atoms with Gasteiger partial charge in [0, 0.05) is 24.6 Å². The highest BCUT2D eigenvalue weighted by Crippen LogP contribution is 2.18. The van der Waals surface area contributed by atoms with E-state index in [1.165, 1.54) is 0 Å². The lowest BCUT2D eigenvalue weighted by atomic mass is 10.1. The first-order chi connectivity index (χ1) is 14.0. The Labute approximate surface area is 169 Å². The number of hydrogen-bond donors (Lipinski definition) is 2. The lowest BCUT2D eigenvalue weighted by Gasteiger charge is -2.10. The van der Waals surface area contributed by atoms with E-state index in [-0.39, 0.29) is 11.8 Å². The number of nitrogens with one attached hydrogen (secondary N) is 2. The molecule has 0 saturated heterocycles. The number of carbonyl (C=O) groups excluding carboxylic acids is 2. The number of benzene rings is 2. The van der Waals surface area contributed by atoms with Crippen molar-refractivity contribution in [1.82, 2.24) is 15.1 Å². The Bertz CT molecular complexity index is 992. The lowest BCUT2D eigenvalue weighted by molar-refractivity contribution is -0.115. The van der Waals surface area contributed by atoms with Crippen molar-refractivity contribution in [1.29, 1.82) is 0 Å². The molecule has 0 radical (unpaired) electrons. The summed E-state index contributed by atoms with van der Waals surface area (Å²) in [6.45, 7) is 4.08. The first-order valence-corrected chi connectivity index (χ1v) is 9.38. The molecule has 2 amide bonds. The van der Waals surface area contributed by atoms with Crippen LogP contribution in [0.4, 0.5) is 5.82 Å². The third-order valence-corrected chi connectivity index (χ3v) is 4.41. The van der Waals surface area contributed by atoms with Crippen molar-refractivity contribution >= 4 is 17.6 Å². The fourth-order valence-corrected chi connectivity index (χ4v) is 2.80. The quantitative estimate of drug-likeness (QED) is 0.645. The normalized spacial score (nSPS) is 10.4. The standard InChI is InChI=1S/C22H24N4O3/c1-4-21(27)24-20-13-15(2)25-26(20)18-9-7-17(8-10-18)22(28)23-14-16-5-11-19(29-3)12-6-16/h5-13H,4,14H2,1-3H3,(H,23,28)(H,24,27). The summed E-state index contributed by atoms with van der Waals surface area (Å²) in [5.41, 5.74) is 3.08. The summed E-state index contributed by atoms with van der Waals surface area (Å²) < 4.78 is 6.79. The highest BCUT2D eigenvalue weighted by atomic mass is 16.5. The first kappa shape index (κ1) is 20.1. The molecule has 2 N–H and O–H groups in total. The zero-order valence-corrected chi connectivity index (χ0v) is 16.7. The van der Waals surface area contributed by atoms with Crippen molar-refractivity contribution in [2.45, 2.75) is 26.8 Å². The van der Waals surface area contributed by atoms with E-state index < -0.39 is 0 Å². The van der Waals surface area contributed by atoms with E-state index in [1.807, 2.05) is 37.3 Å². The maximum absolute atomic E-state index is 12.4. The molecule has 0 bridgehead atoms. The molecule has 3 rings (SSSR count). The smallest absolute Gasteiger partial charge is 0.251 e. The minimum absolute atomic E-state index is 0.0827. The van der Waals surface area contributed by atoms with Crippen molar-refractivity contribution in [3.8, 4) is 11.4 Å². The van der Waals surface area contributed by atoms with E-state index in [1.54, 1.807) is 43.0 Å². The SMILES string of the molecule is CCC(=O)Nc1cc(C)nn1-c1ccc(C(=O)NCc2ccc(OC)cc2)cc1. The van der Waals surface area contributed by atoms with Gasteiger partial charge in [-0.2, -0.15) is 5.10 Å². The van der Waals surface area contributed by atoms with Crippen molar-refractivity contribution in [2.75, 3.05) is 12.4 Å². The predicted octanol–water partition coefficient (Wildman–Crippen LogP) is 3.47. The maximum atomic E-state index is 12.4. The molecule has 0 saturated carbocycles. The van der Waals surface area contributed by atoms with E-state index in [0.717, 1.165) is 22.7 Å². The fourth-order valence-electron chi connectivity index (χ4n) is 2.80. The van der Waals surface area contributed by atoms with Gasteiger partial charge in [-0.3, -0.25) is 9.59 Å². The predicted molar refractivity (Wildman–Crippen MR) is 111 cm³/mol. The van der Waals surface area contributed by atoms with Crippen LogP contribution in [-0.2, 0) is 11.3 Å². The third kappa shape index (κ3) is 5.01. The zero-order chi connectivity index (χ0) is 20.8. The van der Waals surface area contributed by atoms with E-state index in [0.29, 0.717) is 24.3 Å². The highest BCUT2D eigenvalue weighted by Gasteiger charge is 2.11. The molecule has 2 aromatic carbocycles. The Hall–Kier alpha value is -3.61. The number of ether oxygens (including phenoxy) is 1. The van der Waals surface area contributed by atoms with Gasteiger partial charge in [0.05, 0.1) is 18.5 Å². The molecular formula is C22H24N4O3. The fraction of sp³-hybridized carbons (Fsp3) is 0.227. The van der Waals surface area contributed by atoms with Crippen molar-refractivity contribution in [2.24, 2.45) is 0 Å². The summed E-state index contributed by atoms with van der Waals surface area (Å²) in [6.07, 6.45) is 0.386. The summed E-state index contributed by atoms with van der Waals surface area (Å²) in [5, 5.41) is 10.2. The number of nitrogens with zero attached hydrogens (tertiary/aromatic N) is 2. The van der Waals surface area contributed by atoms with Crippen LogP contribution in [0, 0.1) is 6.92 Å². The molecule has 1 aromatic heterocycles. The van der Waals surface area contributed by atoms with Crippen molar-refractivity contribution in [3.05, 3.63) is 71.4 Å². The second-order valence-corrected chi connectivity index (χ2v) is 6.56. The van der Waals surface area contributed by atoms with E-state index in [9.17, 15) is 9.59 Å². The van der Waals surface area contributed by atoms with Crippen LogP contribution in [0.5, 0.6) is 5.75 Å². The van der Waals surface area contributed by atoms with Gasteiger partial charge in [0.25, 0.3) is 5.91 Å². The molecule has 0 aliphatic rings. The number of hydrogen-bond acceptors (Lipinski definition) is 4. The Morgan fingerprint density at radius 1 is 1.07 bits per heavy atom. The average Bonchev–Trinajstić information content (AvgIpc) is 3.12. The number of anilines is 1. The number of aryl methyl sites for hydroxylation is 1. The van der Waals surface area contributed by atoms with Gasteiger partial charge in [-0.15, -0.1) is 0 Å². The molecule has 0 fully saturated rings. The van der Waals surface area contributed by atoms with Gasteiger partial charge < -0.3 is 15.4 Å². The van der Waals surface area contributed by atoms with E-state index >= 15 is 0 Å². The number of amides is 2. The van der Waals surface area contributed by atoms with Crippen LogP contribution in [0.1, 0.15) is 35.0 Å². The van der Waals surface area contributed by atoms with Crippen LogP contribution < -0.4 is 15.4 Å². The molecule has 3 aromatic rings. The number of rotatable bonds is 7. The second-order valence-electron chi connectivity index (χ2n) is 6.56. The number of methoxy groups -OCH3 is 1. The van der Waals surface area contributed by atoms with Crippen molar-refractivity contribution in [3.63, 3.8) is 0 Å². The van der Waals surface area contributed by atoms with E-state index in [4.69, 9.17) is 4.74 Å². The van der Waals surface area contributed by atoms with Crippen LogP contribution in [0.3, 0.4) is 0 Å². The Kier molecular flexibility index (Phi) is 6.29. The van der Waals surface area contributed by atoms with E-state index in [2.05, 4.69) is 15.7 Å². The van der Waals surface area contributed by atoms with Gasteiger partial charge in [0.1, 0.15) is 11.6 Å². The average molecular weight is 392 g/mol. The molecule has 0 aliphatic carbocycles. The molecule has 0 unspecified atom stereocenters. The summed E-state index contributed by atoms with van der Waals surface area (Å²) in [7, 11) is 1.62. The molecular weight excluding hydrogens is 368 g/mol. The van der Waals surface area contributed by atoms with Crippen LogP contribution in [-0.4, -0.2) is 28.7 Å². The molecule has 0 atom stereocenters. The molecule has 0 aliphatic heterocycles. The summed E-state index contributed by atoms with van der Waals surface area (Å²) >= 11 is 0. The van der Waals surface area contributed by atoms with Crippen LogP contribution in [0.15, 0.2) is 54.6 Å². The lowest BCUT2D eigenvalue weighted by Crippen LogP contribution is -2.22. The van der Waals surface area contributed by atoms with Crippen LogP contribution >= 0.6 is 0 Å². The molecule has 29 heavy (non-hydrogen) atoms. The van der Waals surface area contributed by atoms with Gasteiger partial charge in [-0.1, -0.05) is 19.1 Å². The Balaban J connectivity index is 1.68. The summed E-state index contributed by atoms with van der Waals surface area (Å²) in [5.74, 6) is 1.13. The summed E-state index contributed by atoms with van der Waals surface area (Å²) in [6, 6.07) is 16.4. The molecule has 1 heterocycles. The number of carbonyl (C=O) groups is 2. The molecule has 0 spiro atoms. The highest BCUT2D eigenvalue weighted by molar-refractivity contribution is 5.94. The first-order valence-electron chi connectivity index (χ1n) is 9.38. The minimum Gasteiger partial charge on any atom is -0.497 e. The monoisotopic (exact) mass is 392 g/mol. The van der Waals surface area contributed by atoms with Crippen LogP contribution in [0.2, 0.25) is 0 Å². The molecule has 150 valence electrons. The molecule has 7 heteroatoms. The van der Waals surface area contributed by atoms with Gasteiger partial charge in [0.15, 0.2) is 0 Å².